The van der Waals surface area contributed by atoms with Gasteiger partial charge in [-0.25, -0.2) is 4.98 Å². The smallest absolute Gasteiger partial charge is 0.261 e. The van der Waals surface area contributed by atoms with Crippen LogP contribution in [-0.2, 0) is 13.0 Å². The number of hydrogen-bond donors (Lipinski definition) is 0. The van der Waals surface area contributed by atoms with Crippen molar-refractivity contribution in [3.05, 3.63) is 39.9 Å². The Morgan fingerprint density at radius 1 is 1.00 bits per heavy atom. The number of fused-ring (bicyclic) bond motifs is 2. The Kier molecular flexibility index (Phi) is 3.63. The van der Waals surface area contributed by atoms with Gasteiger partial charge in [0.1, 0.15) is 5.82 Å². The molecule has 2 aromatic rings. The summed E-state index contributed by atoms with van der Waals surface area (Å²) >= 11 is 0. The highest BCUT2D eigenvalue weighted by Crippen LogP contribution is 2.18. The van der Waals surface area contributed by atoms with Gasteiger partial charge in [-0.15, -0.1) is 0 Å². The van der Waals surface area contributed by atoms with E-state index in [0.29, 0.717) is 16.5 Å². The first kappa shape index (κ1) is 14.4. The van der Waals surface area contributed by atoms with Crippen LogP contribution in [0.5, 0.6) is 0 Å². The summed E-state index contributed by atoms with van der Waals surface area (Å²) in [6.45, 7) is 2.42. The third-order valence-electron chi connectivity index (χ3n) is 4.96. The molecule has 0 radical (unpaired) electrons. The third-order valence-corrected chi connectivity index (χ3v) is 4.96. The van der Waals surface area contributed by atoms with E-state index in [-0.39, 0.29) is 11.5 Å². The fourth-order valence-corrected chi connectivity index (χ4v) is 3.43. The highest BCUT2D eigenvalue weighted by molar-refractivity contribution is 5.98. The van der Waals surface area contributed by atoms with Crippen LogP contribution in [0.25, 0.3) is 10.9 Å². The molecule has 2 aliphatic heterocycles. The minimum absolute atomic E-state index is 0.0369. The highest BCUT2D eigenvalue weighted by Gasteiger charge is 2.22. The van der Waals surface area contributed by atoms with Crippen LogP contribution in [0.2, 0.25) is 0 Å². The van der Waals surface area contributed by atoms with Crippen LogP contribution in [0.3, 0.4) is 0 Å². The van der Waals surface area contributed by atoms with Crippen molar-refractivity contribution in [2.75, 3.05) is 13.1 Å². The molecule has 23 heavy (non-hydrogen) atoms. The van der Waals surface area contributed by atoms with Crippen molar-refractivity contribution in [2.24, 2.45) is 0 Å². The molecule has 0 bridgehead atoms. The molecule has 0 atom stereocenters. The Hall–Kier alpha value is -2.17. The lowest BCUT2D eigenvalue weighted by Gasteiger charge is -2.30. The maximum Gasteiger partial charge on any atom is 0.261 e. The van der Waals surface area contributed by atoms with Gasteiger partial charge >= 0.3 is 0 Å². The van der Waals surface area contributed by atoms with Gasteiger partial charge in [-0.05, 0) is 37.5 Å². The van der Waals surface area contributed by atoms with Crippen LogP contribution in [0, 0.1) is 0 Å². The molecule has 0 aliphatic carbocycles. The van der Waals surface area contributed by atoms with Crippen LogP contribution in [-0.4, -0.2) is 33.4 Å². The van der Waals surface area contributed by atoms with Crippen LogP contribution in [0.1, 0.15) is 48.3 Å². The van der Waals surface area contributed by atoms with Gasteiger partial charge < -0.3 is 4.90 Å². The summed E-state index contributed by atoms with van der Waals surface area (Å²) in [4.78, 5) is 31.7. The molecule has 5 heteroatoms. The summed E-state index contributed by atoms with van der Waals surface area (Å²) in [5, 5.41) is 0.620. The molecule has 0 saturated carbocycles. The van der Waals surface area contributed by atoms with Crippen molar-refractivity contribution in [1.29, 1.82) is 0 Å². The first-order chi connectivity index (χ1) is 11.2. The van der Waals surface area contributed by atoms with Crippen molar-refractivity contribution in [3.8, 4) is 0 Å². The van der Waals surface area contributed by atoms with E-state index >= 15 is 0 Å². The summed E-state index contributed by atoms with van der Waals surface area (Å²) < 4.78 is 1.83. The average molecular weight is 311 g/mol. The molecule has 5 nitrogen and oxygen atoms in total. The summed E-state index contributed by atoms with van der Waals surface area (Å²) in [5.74, 6) is 0.919. The van der Waals surface area contributed by atoms with Gasteiger partial charge in [0.15, 0.2) is 0 Å². The zero-order valence-electron chi connectivity index (χ0n) is 13.3. The summed E-state index contributed by atoms with van der Waals surface area (Å²) in [5.41, 5.74) is 1.34. The fourth-order valence-electron chi connectivity index (χ4n) is 3.43. The normalized spacial score (nSPS) is 18.0. The summed E-state index contributed by atoms with van der Waals surface area (Å²) in [6, 6.07) is 5.32. The number of hydrogen-bond acceptors (Lipinski definition) is 3. The predicted octanol–water partition coefficient (Wildman–Crippen LogP) is 2.36. The lowest BCUT2D eigenvalue weighted by Crippen LogP contribution is -2.42. The number of amides is 1. The number of benzene rings is 1. The number of likely N-dealkylation sites (tertiary alicyclic amines) is 1. The van der Waals surface area contributed by atoms with E-state index in [1.807, 2.05) is 9.47 Å². The van der Waals surface area contributed by atoms with Crippen molar-refractivity contribution in [3.63, 3.8) is 0 Å². The van der Waals surface area contributed by atoms with E-state index in [1.54, 1.807) is 18.2 Å². The Balaban J connectivity index is 1.80. The second-order valence-electron chi connectivity index (χ2n) is 6.53. The standard InChI is InChI=1S/C18H21N3O2/c22-17(20-9-5-10-20)13-7-8-14-15(12-13)19-16-6-3-1-2-4-11-21(16)18(14)23/h7-8,12H,1-6,9-11H2. The number of rotatable bonds is 1. The largest absolute Gasteiger partial charge is 0.339 e. The predicted molar refractivity (Wildman–Crippen MR) is 88.7 cm³/mol. The molecule has 1 amide bonds. The maximum atomic E-state index is 12.7. The minimum atomic E-state index is 0.0369. The van der Waals surface area contributed by atoms with Gasteiger partial charge in [0.2, 0.25) is 0 Å². The molecule has 1 aromatic carbocycles. The zero-order valence-corrected chi connectivity index (χ0v) is 13.3. The van der Waals surface area contributed by atoms with Gasteiger partial charge in [-0.1, -0.05) is 12.8 Å². The summed E-state index contributed by atoms with van der Waals surface area (Å²) in [7, 11) is 0. The second kappa shape index (κ2) is 5.80. The molecule has 3 heterocycles. The highest BCUT2D eigenvalue weighted by atomic mass is 16.2. The lowest BCUT2D eigenvalue weighted by molar-refractivity contribution is 0.0652. The van der Waals surface area contributed by atoms with Crippen LogP contribution < -0.4 is 5.56 Å². The average Bonchev–Trinajstić information content (AvgIpc) is 2.47. The molecule has 1 aromatic heterocycles. The molecular formula is C18H21N3O2. The third kappa shape index (κ3) is 2.54. The van der Waals surface area contributed by atoms with Crippen molar-refractivity contribution >= 4 is 16.8 Å². The van der Waals surface area contributed by atoms with Crippen LogP contribution in [0.15, 0.2) is 23.0 Å². The minimum Gasteiger partial charge on any atom is -0.339 e. The van der Waals surface area contributed by atoms with E-state index in [4.69, 9.17) is 4.98 Å². The van der Waals surface area contributed by atoms with Gasteiger partial charge in [0.25, 0.3) is 11.5 Å². The van der Waals surface area contributed by atoms with E-state index in [2.05, 4.69) is 0 Å². The van der Waals surface area contributed by atoms with Crippen molar-refractivity contribution < 1.29 is 4.79 Å². The monoisotopic (exact) mass is 311 g/mol. The first-order valence-corrected chi connectivity index (χ1v) is 8.57. The fraction of sp³-hybridized carbons (Fsp3) is 0.500. The maximum absolute atomic E-state index is 12.7. The van der Waals surface area contributed by atoms with E-state index in [1.165, 1.54) is 12.8 Å². The molecule has 0 spiro atoms. The number of aryl methyl sites for hydroxylation is 1. The van der Waals surface area contributed by atoms with Gasteiger partial charge in [0, 0.05) is 31.6 Å². The quantitative estimate of drug-likeness (QED) is 0.812. The second-order valence-corrected chi connectivity index (χ2v) is 6.53. The van der Waals surface area contributed by atoms with E-state index in [0.717, 1.165) is 51.1 Å². The summed E-state index contributed by atoms with van der Waals surface area (Å²) in [6.07, 6.45) is 6.40. The molecular weight excluding hydrogens is 290 g/mol. The zero-order chi connectivity index (χ0) is 15.8. The molecule has 120 valence electrons. The van der Waals surface area contributed by atoms with Crippen molar-refractivity contribution in [2.45, 2.75) is 45.1 Å². The molecule has 4 rings (SSSR count). The van der Waals surface area contributed by atoms with Gasteiger partial charge in [0.05, 0.1) is 10.9 Å². The van der Waals surface area contributed by atoms with Gasteiger partial charge in [-0.2, -0.15) is 0 Å². The molecule has 0 N–H and O–H groups in total. The topological polar surface area (TPSA) is 55.2 Å². The van der Waals surface area contributed by atoms with Crippen LogP contribution in [0.4, 0.5) is 0 Å². The molecule has 1 saturated heterocycles. The van der Waals surface area contributed by atoms with Crippen molar-refractivity contribution in [1.82, 2.24) is 14.5 Å². The van der Waals surface area contributed by atoms with E-state index < -0.39 is 0 Å². The SMILES string of the molecule is O=C(c1ccc2c(=O)n3c(nc2c1)CCCCCC3)N1CCC1. The van der Waals surface area contributed by atoms with Gasteiger partial charge in [-0.3, -0.25) is 14.2 Å². The Bertz CT molecular complexity index is 821. The first-order valence-electron chi connectivity index (χ1n) is 8.57. The number of carbonyl (C=O) groups excluding carboxylic acids is 1. The van der Waals surface area contributed by atoms with Crippen LogP contribution >= 0.6 is 0 Å². The lowest BCUT2D eigenvalue weighted by atomic mass is 10.1. The number of carbonyl (C=O) groups is 1. The molecule has 1 fully saturated rings. The number of nitrogens with zero attached hydrogens (tertiary/aromatic N) is 3. The Morgan fingerprint density at radius 3 is 2.61 bits per heavy atom. The molecule has 0 unspecified atom stereocenters. The number of aromatic nitrogens is 2. The Morgan fingerprint density at radius 2 is 1.83 bits per heavy atom. The Labute approximate surface area is 134 Å². The molecule has 2 aliphatic rings. The van der Waals surface area contributed by atoms with E-state index in [9.17, 15) is 9.59 Å².